The molecule has 2 unspecified atom stereocenters. The van der Waals surface area contributed by atoms with Gasteiger partial charge in [-0.2, -0.15) is 0 Å². The first-order chi connectivity index (χ1) is 13.4. The van der Waals surface area contributed by atoms with Gasteiger partial charge in [0, 0.05) is 17.0 Å². The van der Waals surface area contributed by atoms with Crippen molar-refractivity contribution in [2.24, 2.45) is 5.92 Å². The van der Waals surface area contributed by atoms with Crippen molar-refractivity contribution in [3.05, 3.63) is 52.2 Å². The highest BCUT2D eigenvalue weighted by molar-refractivity contribution is 7.10. The molecule has 3 rings (SSSR count). The molecule has 2 heterocycles. The summed E-state index contributed by atoms with van der Waals surface area (Å²) in [7, 11) is 0. The van der Waals surface area contributed by atoms with E-state index in [0.717, 1.165) is 16.1 Å². The van der Waals surface area contributed by atoms with Crippen LogP contribution in [-0.4, -0.2) is 30.6 Å². The van der Waals surface area contributed by atoms with E-state index in [2.05, 4.69) is 0 Å². The minimum Gasteiger partial charge on any atom is -0.460 e. The van der Waals surface area contributed by atoms with Crippen LogP contribution < -0.4 is 4.90 Å². The summed E-state index contributed by atoms with van der Waals surface area (Å²) in [6.07, 6.45) is -0.246. The highest BCUT2D eigenvalue weighted by Crippen LogP contribution is 2.43. The van der Waals surface area contributed by atoms with Crippen LogP contribution in [0.25, 0.3) is 0 Å². The van der Waals surface area contributed by atoms with E-state index in [1.165, 1.54) is 11.3 Å². The van der Waals surface area contributed by atoms with Gasteiger partial charge in [-0.25, -0.2) is 4.79 Å². The lowest BCUT2D eigenvalue weighted by Crippen LogP contribution is -2.31. The number of amides is 1. The number of hydrogen-bond acceptors (Lipinski definition) is 6. The lowest BCUT2D eigenvalue weighted by Gasteiger charge is -2.27. The molecule has 148 valence electrons. The number of nitrogens with zero attached hydrogens (tertiary/aromatic N) is 1. The van der Waals surface area contributed by atoms with Crippen LogP contribution in [0.2, 0.25) is 0 Å². The molecule has 0 radical (unpaired) electrons. The number of ether oxygens (including phenoxy) is 2. The maximum atomic E-state index is 12.8. The van der Waals surface area contributed by atoms with Crippen LogP contribution >= 0.6 is 11.3 Å². The van der Waals surface area contributed by atoms with Gasteiger partial charge in [0.15, 0.2) is 6.61 Å². The Bertz CT molecular complexity index is 844. The topological polar surface area (TPSA) is 72.9 Å². The molecule has 7 heteroatoms. The summed E-state index contributed by atoms with van der Waals surface area (Å²) in [4.78, 5) is 39.8. The van der Waals surface area contributed by atoms with Crippen LogP contribution in [0, 0.1) is 12.8 Å². The number of aryl methyl sites for hydroxylation is 1. The first-order valence-electron chi connectivity index (χ1n) is 9.15. The van der Waals surface area contributed by atoms with Crippen molar-refractivity contribution in [1.82, 2.24) is 0 Å². The number of hydrogen-bond donors (Lipinski definition) is 0. The molecule has 0 aliphatic carbocycles. The van der Waals surface area contributed by atoms with Crippen LogP contribution in [-0.2, 0) is 23.9 Å². The van der Waals surface area contributed by atoms with Gasteiger partial charge in [-0.1, -0.05) is 23.8 Å². The summed E-state index contributed by atoms with van der Waals surface area (Å²) < 4.78 is 10.2. The maximum absolute atomic E-state index is 12.8. The fourth-order valence-corrected chi connectivity index (χ4v) is 4.15. The minimum absolute atomic E-state index is 0.0362. The van der Waals surface area contributed by atoms with E-state index in [0.29, 0.717) is 0 Å². The predicted molar refractivity (Wildman–Crippen MR) is 106 cm³/mol. The van der Waals surface area contributed by atoms with Crippen LogP contribution in [0.15, 0.2) is 41.8 Å². The molecule has 28 heavy (non-hydrogen) atoms. The Morgan fingerprint density at radius 1 is 1.21 bits per heavy atom. The van der Waals surface area contributed by atoms with Gasteiger partial charge in [0.1, 0.15) is 0 Å². The molecule has 1 aromatic carbocycles. The normalized spacial score (nSPS) is 19.1. The van der Waals surface area contributed by atoms with Gasteiger partial charge < -0.3 is 14.4 Å². The minimum atomic E-state index is -0.681. The molecule has 1 fully saturated rings. The molecular formula is C21H23NO5S. The van der Waals surface area contributed by atoms with Crippen LogP contribution in [0.3, 0.4) is 0 Å². The number of carbonyl (C=O) groups is 3. The summed E-state index contributed by atoms with van der Waals surface area (Å²) in [5.41, 5.74) is 1.83. The van der Waals surface area contributed by atoms with E-state index in [1.807, 2.05) is 48.7 Å². The Morgan fingerprint density at radius 3 is 2.54 bits per heavy atom. The first-order valence-corrected chi connectivity index (χ1v) is 10.0. The molecule has 1 amide bonds. The molecule has 1 aliphatic heterocycles. The van der Waals surface area contributed by atoms with E-state index in [-0.39, 0.29) is 18.4 Å². The van der Waals surface area contributed by atoms with Gasteiger partial charge in [0.2, 0.25) is 5.91 Å². The second kappa shape index (κ2) is 8.56. The Morgan fingerprint density at radius 2 is 1.93 bits per heavy atom. The molecule has 2 aromatic rings. The number of thiophene rings is 1. The van der Waals surface area contributed by atoms with Gasteiger partial charge in [-0.3, -0.25) is 9.59 Å². The number of anilines is 1. The average Bonchev–Trinajstić information content (AvgIpc) is 3.27. The highest BCUT2D eigenvalue weighted by Gasteiger charge is 2.46. The SMILES string of the molecule is Cc1ccc(N2C(=O)CC(C(=O)OCC(=O)OC(C)C)C2c2cccs2)cc1. The van der Waals surface area contributed by atoms with Crippen molar-refractivity contribution in [3.63, 3.8) is 0 Å². The molecule has 1 aromatic heterocycles. The van der Waals surface area contributed by atoms with Crippen molar-refractivity contribution >= 4 is 34.9 Å². The van der Waals surface area contributed by atoms with E-state index in [4.69, 9.17) is 9.47 Å². The predicted octanol–water partition coefficient (Wildman–Crippen LogP) is 3.65. The third kappa shape index (κ3) is 4.42. The van der Waals surface area contributed by atoms with E-state index < -0.39 is 30.5 Å². The molecule has 2 atom stereocenters. The maximum Gasteiger partial charge on any atom is 0.344 e. The molecule has 0 N–H and O–H groups in total. The van der Waals surface area contributed by atoms with E-state index in [9.17, 15) is 14.4 Å². The van der Waals surface area contributed by atoms with Crippen LogP contribution in [0.4, 0.5) is 5.69 Å². The fourth-order valence-electron chi connectivity index (χ4n) is 3.27. The zero-order valence-corrected chi connectivity index (χ0v) is 16.9. The molecule has 0 saturated carbocycles. The smallest absolute Gasteiger partial charge is 0.344 e. The molecule has 6 nitrogen and oxygen atoms in total. The Balaban J connectivity index is 1.82. The molecule has 1 aliphatic rings. The summed E-state index contributed by atoms with van der Waals surface area (Å²) in [6.45, 7) is 4.97. The summed E-state index contributed by atoms with van der Waals surface area (Å²) in [6, 6.07) is 11.0. The standard InChI is InChI=1S/C21H23NO5S/c1-13(2)27-19(24)12-26-21(25)16-11-18(23)22(15-8-6-14(3)7-9-15)20(16)17-5-4-10-28-17/h4-10,13,16,20H,11-12H2,1-3H3. The third-order valence-electron chi connectivity index (χ3n) is 4.47. The molecule has 1 saturated heterocycles. The van der Waals surface area contributed by atoms with Crippen LogP contribution in [0.1, 0.15) is 36.8 Å². The van der Waals surface area contributed by atoms with Crippen molar-refractivity contribution in [3.8, 4) is 0 Å². The highest BCUT2D eigenvalue weighted by atomic mass is 32.1. The van der Waals surface area contributed by atoms with Crippen molar-refractivity contribution in [1.29, 1.82) is 0 Å². The van der Waals surface area contributed by atoms with Gasteiger partial charge >= 0.3 is 11.9 Å². The summed E-state index contributed by atoms with van der Waals surface area (Å²) in [5.74, 6) is -1.99. The second-order valence-corrected chi connectivity index (χ2v) is 8.00. The molecular weight excluding hydrogens is 378 g/mol. The quantitative estimate of drug-likeness (QED) is 0.691. The largest absolute Gasteiger partial charge is 0.460 e. The molecule has 0 spiro atoms. The van der Waals surface area contributed by atoms with Crippen molar-refractivity contribution in [2.45, 2.75) is 39.3 Å². The van der Waals surface area contributed by atoms with E-state index >= 15 is 0 Å². The number of carbonyl (C=O) groups excluding carboxylic acids is 3. The Hall–Kier alpha value is -2.67. The first kappa shape index (κ1) is 20.1. The van der Waals surface area contributed by atoms with Gasteiger partial charge in [0.25, 0.3) is 0 Å². The lowest BCUT2D eigenvalue weighted by atomic mass is 9.99. The number of rotatable bonds is 6. The summed E-state index contributed by atoms with van der Waals surface area (Å²) >= 11 is 1.48. The van der Waals surface area contributed by atoms with Crippen molar-refractivity contribution < 1.29 is 23.9 Å². The summed E-state index contributed by atoms with van der Waals surface area (Å²) in [5, 5.41) is 1.91. The van der Waals surface area contributed by atoms with E-state index in [1.54, 1.807) is 18.7 Å². The Kier molecular flexibility index (Phi) is 6.14. The van der Waals surface area contributed by atoms with Gasteiger partial charge in [0.05, 0.1) is 18.1 Å². The average molecular weight is 401 g/mol. The molecule has 0 bridgehead atoms. The van der Waals surface area contributed by atoms with Crippen molar-refractivity contribution in [2.75, 3.05) is 11.5 Å². The van der Waals surface area contributed by atoms with Gasteiger partial charge in [-0.15, -0.1) is 11.3 Å². The zero-order valence-electron chi connectivity index (χ0n) is 16.1. The number of benzene rings is 1. The Labute approximate surface area is 168 Å². The monoisotopic (exact) mass is 401 g/mol. The fraction of sp³-hybridized carbons (Fsp3) is 0.381. The number of esters is 2. The van der Waals surface area contributed by atoms with Gasteiger partial charge in [-0.05, 0) is 44.4 Å². The zero-order chi connectivity index (χ0) is 20.3. The van der Waals surface area contributed by atoms with Crippen LogP contribution in [0.5, 0.6) is 0 Å². The third-order valence-corrected chi connectivity index (χ3v) is 5.41. The lowest BCUT2D eigenvalue weighted by molar-refractivity contribution is -0.163. The second-order valence-electron chi connectivity index (χ2n) is 7.02.